The smallest absolute Gasteiger partial charge is 0.308 e. The summed E-state index contributed by atoms with van der Waals surface area (Å²) in [5, 5.41) is 9.07. The van der Waals surface area contributed by atoms with Crippen LogP contribution in [0.3, 0.4) is 0 Å². The first kappa shape index (κ1) is 15.8. The van der Waals surface area contributed by atoms with Gasteiger partial charge in [0.1, 0.15) is 0 Å². The topological polar surface area (TPSA) is 70.5 Å². The first-order valence-corrected chi connectivity index (χ1v) is 8.21. The average molecular weight is 308 g/mol. The molecule has 2 heterocycles. The molecule has 114 valence electrons. The Kier molecular flexibility index (Phi) is 5.61. The molecule has 0 bridgehead atoms. The number of hydrogen-bond acceptors (Lipinski definition) is 4. The van der Waals surface area contributed by atoms with Gasteiger partial charge in [-0.15, -0.1) is 0 Å². The van der Waals surface area contributed by atoms with Crippen LogP contribution >= 0.6 is 11.8 Å². The molecule has 1 aliphatic rings. The molecule has 1 aromatic rings. The molecule has 0 aliphatic carbocycles. The number of carboxylic acid groups (broad SMARTS) is 1. The van der Waals surface area contributed by atoms with Gasteiger partial charge in [0.05, 0.1) is 11.6 Å². The third-order valence-electron chi connectivity index (χ3n) is 3.72. The number of carboxylic acids is 1. The van der Waals surface area contributed by atoms with E-state index in [2.05, 4.69) is 4.98 Å². The molecule has 5 nitrogen and oxygen atoms in total. The Balaban J connectivity index is 1.69. The summed E-state index contributed by atoms with van der Waals surface area (Å²) in [5.74, 6) is 0.393. The van der Waals surface area contributed by atoms with Gasteiger partial charge >= 0.3 is 5.97 Å². The van der Waals surface area contributed by atoms with Crippen LogP contribution in [0, 0.1) is 11.8 Å². The maximum absolute atomic E-state index is 12.1. The minimum absolute atomic E-state index is 0.0348. The predicted octanol–water partition coefficient (Wildman–Crippen LogP) is 1.88. The Bertz CT molecular complexity index is 495. The quantitative estimate of drug-likeness (QED) is 0.813. The molecule has 0 saturated carbocycles. The van der Waals surface area contributed by atoms with Crippen molar-refractivity contribution in [1.82, 2.24) is 9.88 Å². The second-order valence-corrected chi connectivity index (χ2v) is 6.45. The maximum Gasteiger partial charge on any atom is 0.308 e. The lowest BCUT2D eigenvalue weighted by molar-refractivity contribution is -0.142. The number of nitrogens with zero attached hydrogens (tertiary/aromatic N) is 2. The molecule has 0 radical (unpaired) electrons. The van der Waals surface area contributed by atoms with Crippen molar-refractivity contribution in [3.8, 4) is 0 Å². The second kappa shape index (κ2) is 7.45. The van der Waals surface area contributed by atoms with Crippen molar-refractivity contribution < 1.29 is 14.7 Å². The van der Waals surface area contributed by atoms with Gasteiger partial charge in [0.15, 0.2) is 0 Å². The van der Waals surface area contributed by atoms with Crippen molar-refractivity contribution >= 4 is 23.6 Å². The number of aliphatic carboxylic acids is 1. The Morgan fingerprint density at radius 1 is 1.43 bits per heavy atom. The molecule has 2 rings (SSSR count). The largest absolute Gasteiger partial charge is 0.481 e. The normalized spacial score (nSPS) is 21.5. The Labute approximate surface area is 128 Å². The van der Waals surface area contributed by atoms with E-state index in [0.29, 0.717) is 19.5 Å². The first-order chi connectivity index (χ1) is 10.1. The van der Waals surface area contributed by atoms with Gasteiger partial charge in [-0.2, -0.15) is 11.8 Å². The monoisotopic (exact) mass is 308 g/mol. The molecule has 0 aromatic carbocycles. The molecule has 6 heteroatoms. The summed E-state index contributed by atoms with van der Waals surface area (Å²) in [5.41, 5.74) is 1.01. The van der Waals surface area contributed by atoms with Crippen LogP contribution in [0.5, 0.6) is 0 Å². The number of pyridine rings is 1. The fourth-order valence-corrected chi connectivity index (χ4v) is 3.31. The van der Waals surface area contributed by atoms with Crippen LogP contribution in [0.1, 0.15) is 19.0 Å². The van der Waals surface area contributed by atoms with Crippen LogP contribution in [0.25, 0.3) is 0 Å². The van der Waals surface area contributed by atoms with Crippen molar-refractivity contribution in [1.29, 1.82) is 0 Å². The summed E-state index contributed by atoms with van der Waals surface area (Å²) in [6, 6.07) is 5.80. The van der Waals surface area contributed by atoms with Gasteiger partial charge in [-0.3, -0.25) is 14.6 Å². The lowest BCUT2D eigenvalue weighted by atomic mass is 9.99. The number of rotatable bonds is 6. The van der Waals surface area contributed by atoms with Gasteiger partial charge in [-0.1, -0.05) is 13.0 Å². The zero-order valence-electron chi connectivity index (χ0n) is 12.1. The van der Waals surface area contributed by atoms with Crippen LogP contribution in [-0.2, 0) is 15.3 Å². The summed E-state index contributed by atoms with van der Waals surface area (Å²) < 4.78 is 0. The molecule has 1 saturated heterocycles. The number of carbonyl (C=O) groups is 2. The van der Waals surface area contributed by atoms with E-state index in [1.54, 1.807) is 22.9 Å². The molecular weight excluding hydrogens is 288 g/mol. The zero-order chi connectivity index (χ0) is 15.2. The number of carbonyl (C=O) groups excluding carboxylic acids is 1. The van der Waals surface area contributed by atoms with Crippen LogP contribution in [0.4, 0.5) is 0 Å². The van der Waals surface area contributed by atoms with E-state index in [4.69, 9.17) is 5.11 Å². The number of hydrogen-bond donors (Lipinski definition) is 1. The third-order valence-corrected chi connectivity index (χ3v) is 4.71. The van der Waals surface area contributed by atoms with E-state index in [1.807, 2.05) is 25.1 Å². The molecule has 1 N–H and O–H groups in total. The van der Waals surface area contributed by atoms with Crippen molar-refractivity contribution in [3.63, 3.8) is 0 Å². The highest BCUT2D eigenvalue weighted by Crippen LogP contribution is 2.24. The second-order valence-electron chi connectivity index (χ2n) is 5.34. The molecule has 1 amide bonds. The molecule has 0 spiro atoms. The average Bonchev–Trinajstić information content (AvgIpc) is 2.87. The van der Waals surface area contributed by atoms with Crippen molar-refractivity contribution in [3.05, 3.63) is 30.1 Å². The minimum atomic E-state index is -0.803. The van der Waals surface area contributed by atoms with E-state index < -0.39 is 11.9 Å². The SMILES string of the molecule is C[C@@H]1CN(C(=O)CCSCc2ccccn2)C[C@H]1C(=O)O. The van der Waals surface area contributed by atoms with Crippen LogP contribution in [0.15, 0.2) is 24.4 Å². The molecule has 1 fully saturated rings. The van der Waals surface area contributed by atoms with Gasteiger partial charge in [-0.25, -0.2) is 0 Å². The van der Waals surface area contributed by atoms with Gasteiger partial charge in [0.25, 0.3) is 0 Å². The number of aromatic nitrogens is 1. The van der Waals surface area contributed by atoms with Gasteiger partial charge in [0.2, 0.25) is 5.91 Å². The van der Waals surface area contributed by atoms with Crippen LogP contribution in [0.2, 0.25) is 0 Å². The molecule has 0 unspecified atom stereocenters. The highest BCUT2D eigenvalue weighted by molar-refractivity contribution is 7.98. The Morgan fingerprint density at radius 3 is 2.86 bits per heavy atom. The number of thioether (sulfide) groups is 1. The Morgan fingerprint density at radius 2 is 2.24 bits per heavy atom. The third kappa shape index (κ3) is 4.46. The first-order valence-electron chi connectivity index (χ1n) is 7.06. The van der Waals surface area contributed by atoms with Gasteiger partial charge in [-0.05, 0) is 18.1 Å². The lowest BCUT2D eigenvalue weighted by Crippen LogP contribution is -2.30. The van der Waals surface area contributed by atoms with Crippen molar-refractivity contribution in [2.45, 2.75) is 19.1 Å². The van der Waals surface area contributed by atoms with Crippen molar-refractivity contribution in [2.75, 3.05) is 18.8 Å². The lowest BCUT2D eigenvalue weighted by Gasteiger charge is -2.15. The molecular formula is C15H20N2O3S. The summed E-state index contributed by atoms with van der Waals surface area (Å²) in [6.07, 6.45) is 2.22. The van der Waals surface area contributed by atoms with E-state index in [0.717, 1.165) is 17.2 Å². The number of likely N-dealkylation sites (tertiary alicyclic amines) is 1. The summed E-state index contributed by atoms with van der Waals surface area (Å²) in [6.45, 7) is 2.79. The molecule has 1 aromatic heterocycles. The highest BCUT2D eigenvalue weighted by Gasteiger charge is 2.36. The van der Waals surface area contributed by atoms with E-state index in [9.17, 15) is 9.59 Å². The maximum atomic E-state index is 12.1. The summed E-state index contributed by atoms with van der Waals surface area (Å²) in [4.78, 5) is 29.0. The number of amides is 1. The Hall–Kier alpha value is -1.56. The zero-order valence-corrected chi connectivity index (χ0v) is 12.9. The fourth-order valence-electron chi connectivity index (χ4n) is 2.47. The minimum Gasteiger partial charge on any atom is -0.481 e. The molecule has 1 aliphatic heterocycles. The highest BCUT2D eigenvalue weighted by atomic mass is 32.2. The van der Waals surface area contributed by atoms with Crippen LogP contribution < -0.4 is 0 Å². The standard InChI is InChI=1S/C15H20N2O3S/c1-11-8-17(9-13(11)15(19)20)14(18)5-7-21-10-12-4-2-3-6-16-12/h2-4,6,11,13H,5,7-10H2,1H3,(H,19,20)/t11-,13-/m1/s1. The van der Waals surface area contributed by atoms with E-state index in [1.165, 1.54) is 0 Å². The summed E-state index contributed by atoms with van der Waals surface area (Å²) in [7, 11) is 0. The van der Waals surface area contributed by atoms with Gasteiger partial charge in [0, 0.05) is 37.2 Å². The van der Waals surface area contributed by atoms with Crippen LogP contribution in [-0.4, -0.2) is 45.7 Å². The van der Waals surface area contributed by atoms with Gasteiger partial charge < -0.3 is 10.0 Å². The summed E-state index contributed by atoms with van der Waals surface area (Å²) >= 11 is 1.68. The van der Waals surface area contributed by atoms with Crippen molar-refractivity contribution in [2.24, 2.45) is 11.8 Å². The van der Waals surface area contributed by atoms with E-state index >= 15 is 0 Å². The molecule has 2 atom stereocenters. The molecule has 21 heavy (non-hydrogen) atoms. The fraction of sp³-hybridized carbons (Fsp3) is 0.533. The van der Waals surface area contributed by atoms with E-state index in [-0.39, 0.29) is 11.8 Å². The predicted molar refractivity (Wildman–Crippen MR) is 81.9 cm³/mol.